The van der Waals surface area contributed by atoms with Crippen LogP contribution < -0.4 is 0 Å². The summed E-state index contributed by atoms with van der Waals surface area (Å²) < 4.78 is 16.1. The van der Waals surface area contributed by atoms with Gasteiger partial charge in [-0.15, -0.1) is 11.6 Å². The summed E-state index contributed by atoms with van der Waals surface area (Å²) >= 11 is 0. The summed E-state index contributed by atoms with van der Waals surface area (Å²) in [7, 11) is 2.26. The smallest absolute Gasteiger partial charge is 0.386 e. The largest absolute Gasteiger partial charge is 4.00 e. The second-order valence-electron chi connectivity index (χ2n) is 8.53. The van der Waals surface area contributed by atoms with Crippen LogP contribution in [0.4, 0.5) is 0 Å². The van der Waals surface area contributed by atoms with Gasteiger partial charge in [0, 0.05) is 21.3 Å². The fourth-order valence-corrected chi connectivity index (χ4v) is 5.36. The number of allylic oxidation sites excluding steroid dienone is 4. The zero-order valence-electron chi connectivity index (χ0n) is 24.6. The minimum absolute atomic E-state index is 0. The fraction of sp³-hybridized carbons (Fsp3) is 0.767. The molecule has 0 N–H and O–H groups in total. The first-order valence-corrected chi connectivity index (χ1v) is 15.5. The Labute approximate surface area is 237 Å². The van der Waals surface area contributed by atoms with Gasteiger partial charge < -0.3 is 34.0 Å². The summed E-state index contributed by atoms with van der Waals surface area (Å²) in [6.45, 7) is 19.9. The molecular weight excluding hydrogens is 631 g/mol. The van der Waals surface area contributed by atoms with E-state index in [0.29, 0.717) is 0 Å². The Kier molecular flexibility index (Phi) is 41.5. The average Bonchev–Trinajstić information content (AvgIpc) is 3.29. The summed E-state index contributed by atoms with van der Waals surface area (Å²) in [5.41, 5.74) is 1.08. The summed E-state index contributed by atoms with van der Waals surface area (Å²) in [5.74, 6) is 0. The van der Waals surface area contributed by atoms with E-state index in [9.17, 15) is 0 Å². The Morgan fingerprint density at radius 3 is 1.23 bits per heavy atom. The van der Waals surface area contributed by atoms with Crippen molar-refractivity contribution in [1.82, 2.24) is 0 Å². The molecular formula is C30H60O3PtSi. The van der Waals surface area contributed by atoms with Gasteiger partial charge in [-0.05, 0) is 0 Å². The maximum atomic E-state index is 5.36. The van der Waals surface area contributed by atoms with Crippen LogP contribution in [0, 0.1) is 26.8 Å². The first-order chi connectivity index (χ1) is 16.4. The molecule has 0 atom stereocenters. The standard InChI is InChI=1S/C9H15O3Si.3C7H15.Pt/c1-8-6-5-7-9(8)13(10-2,11-3)12-4;3*1-3-5-7-6-4-2;/h7H,5H2,1-4H3;3*1,3-7H2,2H3;/q4*-1;+4. The van der Waals surface area contributed by atoms with Crippen LogP contribution in [0.1, 0.15) is 130 Å². The molecule has 0 aliphatic heterocycles. The Bertz CT molecular complexity index is 405. The third kappa shape index (κ3) is 25.7. The number of unbranched alkanes of at least 4 members (excludes halogenated alkanes) is 12. The van der Waals surface area contributed by atoms with E-state index in [-0.39, 0.29) is 21.1 Å². The molecule has 0 aromatic heterocycles. The molecule has 0 aromatic rings. The van der Waals surface area contributed by atoms with Crippen molar-refractivity contribution < 1.29 is 34.3 Å². The molecule has 0 saturated carbocycles. The van der Waals surface area contributed by atoms with E-state index in [1.54, 1.807) is 21.3 Å². The molecule has 0 aromatic carbocycles. The molecule has 212 valence electrons. The third-order valence-electron chi connectivity index (χ3n) is 5.52. The van der Waals surface area contributed by atoms with Gasteiger partial charge in [-0.2, -0.15) is 25.3 Å². The van der Waals surface area contributed by atoms with Crippen molar-refractivity contribution in [1.29, 1.82) is 0 Å². The van der Waals surface area contributed by atoms with Crippen LogP contribution in [-0.2, 0) is 34.3 Å². The molecule has 0 spiro atoms. The Hall–Kier alpha value is 0.265. The second kappa shape index (κ2) is 34.3. The maximum absolute atomic E-state index is 5.36. The molecule has 0 radical (unpaired) electrons. The van der Waals surface area contributed by atoms with E-state index in [1.165, 1.54) is 77.0 Å². The van der Waals surface area contributed by atoms with Crippen molar-refractivity contribution in [3.8, 4) is 0 Å². The molecule has 3 nitrogen and oxygen atoms in total. The summed E-state index contributed by atoms with van der Waals surface area (Å²) in [4.78, 5) is 0. The molecule has 35 heavy (non-hydrogen) atoms. The van der Waals surface area contributed by atoms with Gasteiger partial charge in [0.15, 0.2) is 0 Å². The van der Waals surface area contributed by atoms with Gasteiger partial charge in [0.05, 0.1) is 0 Å². The topological polar surface area (TPSA) is 27.7 Å². The minimum Gasteiger partial charge on any atom is -0.386 e. The van der Waals surface area contributed by atoms with E-state index in [2.05, 4.69) is 53.7 Å². The zero-order chi connectivity index (χ0) is 26.5. The average molecular weight is 692 g/mol. The number of hydrogen-bond acceptors (Lipinski definition) is 3. The maximum Gasteiger partial charge on any atom is 4.00 e. The molecule has 0 fully saturated rings. The molecule has 0 heterocycles. The summed E-state index contributed by atoms with van der Waals surface area (Å²) in [5, 5.41) is 1.04. The quantitative estimate of drug-likeness (QED) is 0.0917. The van der Waals surface area contributed by atoms with E-state index < -0.39 is 8.80 Å². The SMILES string of the molecule is CO[Si](OC)(OC)C1=CC[C-]=C1C.[CH2-]CCCCCC.[CH2-]CCCCCC.[CH2-]CCCCCC.[Pt+4]. The Morgan fingerprint density at radius 1 is 0.686 bits per heavy atom. The monoisotopic (exact) mass is 691 g/mol. The van der Waals surface area contributed by atoms with E-state index in [1.807, 2.05) is 6.92 Å². The van der Waals surface area contributed by atoms with Gasteiger partial charge in [-0.1, -0.05) is 105 Å². The van der Waals surface area contributed by atoms with Crippen LogP contribution in [0.2, 0.25) is 0 Å². The van der Waals surface area contributed by atoms with Crippen molar-refractivity contribution in [2.24, 2.45) is 0 Å². The van der Waals surface area contributed by atoms with Gasteiger partial charge in [0.1, 0.15) is 0 Å². The normalized spacial score (nSPS) is 12.1. The molecule has 5 heteroatoms. The predicted octanol–water partition coefficient (Wildman–Crippen LogP) is 9.85. The van der Waals surface area contributed by atoms with Crippen LogP contribution in [0.3, 0.4) is 0 Å². The summed E-state index contributed by atoms with van der Waals surface area (Å²) in [6.07, 6.45) is 25.6. The van der Waals surface area contributed by atoms with Gasteiger partial charge in [0.25, 0.3) is 0 Å². The molecule has 1 aliphatic carbocycles. The van der Waals surface area contributed by atoms with E-state index in [0.717, 1.165) is 36.5 Å². The van der Waals surface area contributed by atoms with Crippen LogP contribution in [0.15, 0.2) is 16.8 Å². The molecule has 0 saturated heterocycles. The van der Waals surface area contributed by atoms with Gasteiger partial charge in [-0.3, -0.25) is 6.08 Å². The molecule has 0 unspecified atom stereocenters. The predicted molar refractivity (Wildman–Crippen MR) is 154 cm³/mol. The Balaban J connectivity index is -0.000000191. The van der Waals surface area contributed by atoms with Crippen LogP contribution in [-0.4, -0.2) is 30.1 Å². The first-order valence-electron chi connectivity index (χ1n) is 13.8. The minimum atomic E-state index is -2.59. The van der Waals surface area contributed by atoms with Gasteiger partial charge in [0.2, 0.25) is 0 Å². The molecule has 0 bridgehead atoms. The first kappa shape index (κ1) is 42.4. The fourth-order valence-electron chi connectivity index (χ4n) is 3.30. The molecule has 0 amide bonds. The zero-order valence-corrected chi connectivity index (χ0v) is 27.8. The van der Waals surface area contributed by atoms with Crippen molar-refractivity contribution in [2.45, 2.75) is 130 Å². The molecule has 1 rings (SSSR count). The molecule has 1 aliphatic rings. The van der Waals surface area contributed by atoms with Gasteiger partial charge in [-0.25, -0.2) is 5.57 Å². The van der Waals surface area contributed by atoms with E-state index in [4.69, 9.17) is 13.3 Å². The van der Waals surface area contributed by atoms with Crippen molar-refractivity contribution in [2.75, 3.05) is 21.3 Å². The number of rotatable bonds is 16. The second-order valence-corrected chi connectivity index (χ2v) is 11.4. The summed E-state index contributed by atoms with van der Waals surface area (Å²) in [6, 6.07) is 0. The third-order valence-corrected chi connectivity index (χ3v) is 8.38. The van der Waals surface area contributed by atoms with Crippen LogP contribution in [0.5, 0.6) is 0 Å². The number of hydrogen-bond donors (Lipinski definition) is 0. The van der Waals surface area contributed by atoms with Crippen LogP contribution in [0.25, 0.3) is 0 Å². The van der Waals surface area contributed by atoms with Crippen LogP contribution >= 0.6 is 0 Å². The van der Waals surface area contributed by atoms with Crippen molar-refractivity contribution >= 4 is 8.80 Å². The Morgan fingerprint density at radius 2 is 1.03 bits per heavy atom. The van der Waals surface area contributed by atoms with Gasteiger partial charge >= 0.3 is 29.9 Å². The van der Waals surface area contributed by atoms with E-state index >= 15 is 0 Å². The van der Waals surface area contributed by atoms with Crippen molar-refractivity contribution in [3.05, 3.63) is 43.7 Å². The van der Waals surface area contributed by atoms with Crippen molar-refractivity contribution in [3.63, 3.8) is 0 Å².